The molecule has 0 rings (SSSR count). The Hall–Kier alpha value is -1.93. The molecule has 0 bridgehead atoms. The van der Waals surface area contributed by atoms with E-state index in [0.717, 1.165) is 38.5 Å². The van der Waals surface area contributed by atoms with Crippen molar-refractivity contribution < 1.29 is 38.2 Å². The molecule has 0 heterocycles. The van der Waals surface area contributed by atoms with Crippen LogP contribution in [0.2, 0.25) is 0 Å². The smallest absolute Gasteiger partial charge is 0.362 e. The average molecular weight is 907 g/mol. The summed E-state index contributed by atoms with van der Waals surface area (Å²) in [7, 11) is 5.55. The minimum Gasteiger partial charge on any atom is -0.477 e. The first-order valence-electron chi connectivity index (χ1n) is 27.7. The van der Waals surface area contributed by atoms with Gasteiger partial charge in [0.1, 0.15) is 6.61 Å². The number of ether oxygens (including phenoxy) is 3. The maximum absolute atomic E-state index is 12.8. The summed E-state index contributed by atoms with van der Waals surface area (Å²) in [6.07, 6.45) is 54.1. The van der Waals surface area contributed by atoms with Crippen LogP contribution < -0.4 is 0 Å². The Bertz CT molecular complexity index is 1060. The molecule has 8 heteroatoms. The van der Waals surface area contributed by atoms with Crippen LogP contribution in [0.1, 0.15) is 277 Å². The van der Waals surface area contributed by atoms with E-state index in [1.54, 1.807) is 0 Å². The second-order valence-corrected chi connectivity index (χ2v) is 20.2. The summed E-state index contributed by atoms with van der Waals surface area (Å²) in [5, 5.41) is 9.67. The number of hydrogen-bond donors (Lipinski definition) is 1. The molecule has 64 heavy (non-hydrogen) atoms. The normalized spacial score (nSPS) is 12.8. The molecule has 0 saturated heterocycles. The predicted octanol–water partition coefficient (Wildman–Crippen LogP) is 16.2. The molecule has 0 aliphatic heterocycles. The first-order chi connectivity index (χ1) is 31.1. The van der Waals surface area contributed by atoms with Gasteiger partial charge in [-0.1, -0.05) is 231 Å². The summed E-state index contributed by atoms with van der Waals surface area (Å²) in [6, 6.07) is -0.612. The van der Waals surface area contributed by atoms with Crippen LogP contribution in [0, 0.1) is 0 Å². The van der Waals surface area contributed by atoms with Crippen LogP contribution in [-0.2, 0) is 28.6 Å². The van der Waals surface area contributed by atoms with Gasteiger partial charge in [0, 0.05) is 19.3 Å². The van der Waals surface area contributed by atoms with E-state index in [1.807, 2.05) is 21.1 Å². The number of allylic oxidation sites excluding steroid dienone is 2. The minimum atomic E-state index is -0.870. The summed E-state index contributed by atoms with van der Waals surface area (Å²) < 4.78 is 17.4. The number of carboxylic acid groups (broad SMARTS) is 1. The van der Waals surface area contributed by atoms with Crippen molar-refractivity contribution in [3.05, 3.63) is 12.2 Å². The zero-order valence-electron chi connectivity index (χ0n) is 43.3. The van der Waals surface area contributed by atoms with Crippen molar-refractivity contribution in [2.45, 2.75) is 289 Å². The Morgan fingerprint density at radius 3 is 1.12 bits per heavy atom. The highest BCUT2D eigenvalue weighted by molar-refractivity contribution is 5.72. The number of carbonyl (C=O) groups excluding carboxylic acids is 2. The van der Waals surface area contributed by atoms with Crippen molar-refractivity contribution in [2.75, 3.05) is 41.0 Å². The van der Waals surface area contributed by atoms with Gasteiger partial charge >= 0.3 is 17.9 Å². The molecule has 8 nitrogen and oxygen atoms in total. The van der Waals surface area contributed by atoms with Gasteiger partial charge in [-0.3, -0.25) is 9.59 Å². The Morgan fingerprint density at radius 2 is 0.781 bits per heavy atom. The van der Waals surface area contributed by atoms with E-state index in [-0.39, 0.29) is 36.2 Å². The maximum atomic E-state index is 12.8. The molecule has 0 amide bonds. The Balaban J connectivity index is 4.16. The molecule has 2 atom stereocenters. The molecule has 0 aromatic heterocycles. The number of likely N-dealkylation sites (N-methyl/N-ethyl adjacent to an activating group) is 1. The third-order valence-corrected chi connectivity index (χ3v) is 12.9. The molecule has 0 spiro atoms. The summed E-state index contributed by atoms with van der Waals surface area (Å²) in [4.78, 5) is 37.2. The van der Waals surface area contributed by atoms with E-state index in [9.17, 15) is 19.5 Å². The molecular weight excluding hydrogens is 799 g/mol. The number of nitrogens with zero attached hydrogens (tertiary/aromatic N) is 1. The summed E-state index contributed by atoms with van der Waals surface area (Å²) in [6.45, 7) is 4.79. The predicted molar refractivity (Wildman–Crippen MR) is 271 cm³/mol. The van der Waals surface area contributed by atoms with Gasteiger partial charge in [0.2, 0.25) is 0 Å². The van der Waals surface area contributed by atoms with Crippen LogP contribution in [-0.4, -0.2) is 80.6 Å². The van der Waals surface area contributed by atoms with E-state index in [1.165, 1.54) is 205 Å². The molecule has 0 aliphatic carbocycles. The largest absolute Gasteiger partial charge is 0.477 e. The first kappa shape index (κ1) is 62.1. The molecule has 0 radical (unpaired) electrons. The number of carbonyl (C=O) groups is 3. The van der Waals surface area contributed by atoms with E-state index in [0.29, 0.717) is 19.3 Å². The van der Waals surface area contributed by atoms with Crippen molar-refractivity contribution >= 4 is 17.9 Å². The van der Waals surface area contributed by atoms with Gasteiger partial charge < -0.3 is 23.8 Å². The minimum absolute atomic E-state index is 0.0447. The van der Waals surface area contributed by atoms with Crippen LogP contribution in [0.4, 0.5) is 0 Å². The second kappa shape index (κ2) is 47.6. The lowest BCUT2D eigenvalue weighted by Crippen LogP contribution is -2.50. The van der Waals surface area contributed by atoms with Crippen molar-refractivity contribution in [1.29, 1.82) is 0 Å². The fraction of sp³-hybridized carbons (Fsp3) is 0.911. The number of carboxylic acids is 1. The molecule has 1 N–H and O–H groups in total. The van der Waals surface area contributed by atoms with E-state index in [2.05, 4.69) is 26.0 Å². The number of hydrogen-bond acceptors (Lipinski definition) is 6. The van der Waals surface area contributed by atoms with Gasteiger partial charge in [-0.2, -0.15) is 0 Å². The average Bonchev–Trinajstić information content (AvgIpc) is 3.26. The van der Waals surface area contributed by atoms with E-state index in [4.69, 9.17) is 14.2 Å². The van der Waals surface area contributed by atoms with Gasteiger partial charge in [0.05, 0.1) is 34.4 Å². The van der Waals surface area contributed by atoms with Gasteiger partial charge in [0.25, 0.3) is 0 Å². The maximum Gasteiger partial charge on any atom is 0.362 e. The van der Waals surface area contributed by atoms with Gasteiger partial charge in [-0.15, -0.1) is 0 Å². The van der Waals surface area contributed by atoms with Crippen molar-refractivity contribution in [3.63, 3.8) is 0 Å². The highest BCUT2D eigenvalue weighted by Crippen LogP contribution is 2.17. The molecule has 0 fully saturated rings. The lowest BCUT2D eigenvalue weighted by molar-refractivity contribution is -0.887. The highest BCUT2D eigenvalue weighted by Gasteiger charge is 2.31. The topological polar surface area (TPSA) is 99.1 Å². The fourth-order valence-corrected chi connectivity index (χ4v) is 8.62. The Labute approximate surface area is 397 Å². The lowest BCUT2D eigenvalue weighted by atomic mass is 10.0. The standard InChI is InChI=1S/C56H107NO7/c1-6-8-10-12-14-16-18-20-22-24-26-27-29-31-33-35-37-39-41-43-45-47-55(59)64-52(50-62-49-48-53(56(60)61)57(3,4)5)51-63-54(58)46-44-42-40-38-36-34-32-30-28-25-23-21-19-17-15-13-11-9-7-2/h24,26,52-53H,6-23,25,27-51H2,1-5H3/p+1/b26-24-. The number of quaternary nitrogens is 1. The van der Waals surface area contributed by atoms with Crippen molar-refractivity contribution in [3.8, 4) is 0 Å². The molecule has 0 saturated carbocycles. The third kappa shape index (κ3) is 45.2. The van der Waals surface area contributed by atoms with E-state index < -0.39 is 18.1 Å². The quantitative estimate of drug-likeness (QED) is 0.0281. The SMILES string of the molecule is CCCCCCCCCC/C=C\CCCCCCCCCCCC(=O)OC(COCCC(C(=O)O)[N+](C)(C)C)COC(=O)CCCCCCCCCCCCCCCCCCCCC. The number of esters is 2. The molecule has 0 aromatic carbocycles. The van der Waals surface area contributed by atoms with Gasteiger partial charge in [0.15, 0.2) is 12.1 Å². The number of rotatable bonds is 51. The monoisotopic (exact) mass is 907 g/mol. The Kier molecular flexibility index (Phi) is 46.1. The lowest BCUT2D eigenvalue weighted by Gasteiger charge is -2.31. The molecule has 378 valence electrons. The zero-order valence-corrected chi connectivity index (χ0v) is 43.3. The fourth-order valence-electron chi connectivity index (χ4n) is 8.62. The second-order valence-electron chi connectivity index (χ2n) is 20.2. The molecular formula is C56H108NO7+. The molecule has 0 aromatic rings. The van der Waals surface area contributed by atoms with Crippen molar-refractivity contribution in [1.82, 2.24) is 0 Å². The summed E-state index contributed by atoms with van der Waals surface area (Å²) in [5.74, 6) is -1.44. The van der Waals surface area contributed by atoms with Crippen molar-refractivity contribution in [2.24, 2.45) is 0 Å². The number of aliphatic carboxylic acids is 1. The number of unbranched alkanes of at least 4 members (excludes halogenated alkanes) is 35. The van der Waals surface area contributed by atoms with Crippen LogP contribution >= 0.6 is 0 Å². The highest BCUT2D eigenvalue weighted by atomic mass is 16.6. The van der Waals surface area contributed by atoms with Gasteiger partial charge in [-0.05, 0) is 38.5 Å². The van der Waals surface area contributed by atoms with Crippen LogP contribution in [0.25, 0.3) is 0 Å². The Morgan fingerprint density at radius 1 is 0.453 bits per heavy atom. The van der Waals surface area contributed by atoms with Crippen LogP contribution in [0.5, 0.6) is 0 Å². The zero-order chi connectivity index (χ0) is 47.0. The van der Waals surface area contributed by atoms with Crippen LogP contribution in [0.3, 0.4) is 0 Å². The molecule has 0 aliphatic rings. The summed E-state index contributed by atoms with van der Waals surface area (Å²) >= 11 is 0. The third-order valence-electron chi connectivity index (χ3n) is 12.9. The molecule has 2 unspecified atom stereocenters. The summed E-state index contributed by atoms with van der Waals surface area (Å²) in [5.41, 5.74) is 0. The van der Waals surface area contributed by atoms with Crippen LogP contribution in [0.15, 0.2) is 12.2 Å². The van der Waals surface area contributed by atoms with Gasteiger partial charge in [-0.25, -0.2) is 4.79 Å². The first-order valence-corrected chi connectivity index (χ1v) is 27.7. The van der Waals surface area contributed by atoms with E-state index >= 15 is 0 Å².